The predicted molar refractivity (Wildman–Crippen MR) is 113 cm³/mol. The van der Waals surface area contributed by atoms with Gasteiger partial charge in [0.05, 0.1) is 24.8 Å². The molecule has 2 aromatic carbocycles. The van der Waals surface area contributed by atoms with Gasteiger partial charge in [-0.15, -0.1) is 0 Å². The Morgan fingerprint density at radius 1 is 1.23 bits per heavy atom. The van der Waals surface area contributed by atoms with Crippen molar-refractivity contribution in [2.45, 2.75) is 31.1 Å². The summed E-state index contributed by atoms with van der Waals surface area (Å²) in [7, 11) is 5.18. The molecule has 1 fully saturated rings. The first-order valence-corrected chi connectivity index (χ1v) is 10.2. The fourth-order valence-corrected chi connectivity index (χ4v) is 3.99. The molecule has 8 heteroatoms. The number of ether oxygens (including phenoxy) is 1. The number of hydrogen-bond donors (Lipinski definition) is 1. The van der Waals surface area contributed by atoms with Crippen LogP contribution in [0.5, 0.6) is 5.75 Å². The van der Waals surface area contributed by atoms with Gasteiger partial charge >= 0.3 is 12.2 Å². The van der Waals surface area contributed by atoms with Crippen LogP contribution in [0.4, 0.5) is 18.0 Å². The number of carbonyl (C=O) groups is 1. The summed E-state index contributed by atoms with van der Waals surface area (Å²) >= 11 is 0. The lowest BCUT2D eigenvalue weighted by molar-refractivity contribution is -0.137. The van der Waals surface area contributed by atoms with Gasteiger partial charge in [-0.1, -0.05) is 24.3 Å². The minimum Gasteiger partial charge on any atom is -0.497 e. The SMILES string of the molecule is COc1ccc(C2CCCN2C(=O)NCC(c2cccc(C(F)(F)F)c2)N(C)C)cc1. The van der Waals surface area contributed by atoms with Crippen LogP contribution in [-0.4, -0.2) is 50.1 Å². The zero-order valence-electron chi connectivity index (χ0n) is 17.9. The summed E-state index contributed by atoms with van der Waals surface area (Å²) in [6.07, 6.45) is -2.64. The van der Waals surface area contributed by atoms with Crippen LogP contribution in [-0.2, 0) is 6.18 Å². The second-order valence-corrected chi connectivity index (χ2v) is 7.91. The molecular formula is C23H28F3N3O2. The minimum atomic E-state index is -4.41. The Hall–Kier alpha value is -2.74. The van der Waals surface area contributed by atoms with Gasteiger partial charge in [0.25, 0.3) is 0 Å². The first-order valence-electron chi connectivity index (χ1n) is 10.2. The normalized spacial score (nSPS) is 17.6. The van der Waals surface area contributed by atoms with E-state index in [4.69, 9.17) is 4.74 Å². The molecule has 168 valence electrons. The monoisotopic (exact) mass is 435 g/mol. The second-order valence-electron chi connectivity index (χ2n) is 7.91. The van der Waals surface area contributed by atoms with E-state index in [9.17, 15) is 18.0 Å². The molecule has 0 aliphatic carbocycles. The summed E-state index contributed by atoms with van der Waals surface area (Å²) in [5.41, 5.74) is 0.853. The molecule has 3 rings (SSSR count). The molecule has 2 amide bonds. The van der Waals surface area contributed by atoms with Crippen LogP contribution >= 0.6 is 0 Å². The van der Waals surface area contributed by atoms with Crippen molar-refractivity contribution >= 4 is 6.03 Å². The molecule has 2 aromatic rings. The Balaban J connectivity index is 1.69. The van der Waals surface area contributed by atoms with Crippen LogP contribution in [0.2, 0.25) is 0 Å². The van der Waals surface area contributed by atoms with E-state index >= 15 is 0 Å². The first-order chi connectivity index (χ1) is 14.7. The van der Waals surface area contributed by atoms with Gasteiger partial charge in [0, 0.05) is 13.1 Å². The van der Waals surface area contributed by atoms with Crippen LogP contribution < -0.4 is 10.1 Å². The summed E-state index contributed by atoms with van der Waals surface area (Å²) in [5.74, 6) is 0.757. The van der Waals surface area contributed by atoms with Crippen molar-refractivity contribution in [3.05, 3.63) is 65.2 Å². The number of hydrogen-bond acceptors (Lipinski definition) is 3. The number of amides is 2. The molecule has 0 bridgehead atoms. The maximum Gasteiger partial charge on any atom is 0.416 e. The average molecular weight is 435 g/mol. The quantitative estimate of drug-likeness (QED) is 0.705. The average Bonchev–Trinajstić information content (AvgIpc) is 3.23. The molecule has 0 radical (unpaired) electrons. The number of benzene rings is 2. The number of nitrogens with zero attached hydrogens (tertiary/aromatic N) is 2. The lowest BCUT2D eigenvalue weighted by Crippen LogP contribution is -2.43. The van der Waals surface area contributed by atoms with E-state index in [2.05, 4.69) is 5.32 Å². The van der Waals surface area contributed by atoms with Crippen LogP contribution in [0.15, 0.2) is 48.5 Å². The minimum absolute atomic E-state index is 0.0303. The Bertz CT molecular complexity index is 884. The summed E-state index contributed by atoms with van der Waals surface area (Å²) in [4.78, 5) is 16.5. The van der Waals surface area contributed by atoms with Crippen molar-refractivity contribution in [2.24, 2.45) is 0 Å². The zero-order chi connectivity index (χ0) is 22.6. The third kappa shape index (κ3) is 5.50. The van der Waals surface area contributed by atoms with E-state index in [0.29, 0.717) is 12.1 Å². The number of alkyl halides is 3. The maximum atomic E-state index is 13.1. The van der Waals surface area contributed by atoms with Crippen LogP contribution in [0, 0.1) is 0 Å². The summed E-state index contributed by atoms with van der Waals surface area (Å²) in [5, 5.41) is 2.92. The van der Waals surface area contributed by atoms with Gasteiger partial charge in [0.2, 0.25) is 0 Å². The van der Waals surface area contributed by atoms with Gasteiger partial charge in [-0.05, 0) is 62.3 Å². The number of likely N-dealkylation sites (N-methyl/N-ethyl adjacent to an activating group) is 1. The summed E-state index contributed by atoms with van der Waals surface area (Å²) in [6.45, 7) is 0.845. The molecule has 1 heterocycles. The number of nitrogens with one attached hydrogen (secondary N) is 1. The highest BCUT2D eigenvalue weighted by Crippen LogP contribution is 2.33. The smallest absolute Gasteiger partial charge is 0.416 e. The molecule has 2 unspecified atom stereocenters. The molecule has 1 aliphatic heterocycles. The number of likely N-dealkylation sites (tertiary alicyclic amines) is 1. The van der Waals surface area contributed by atoms with E-state index in [0.717, 1.165) is 36.3 Å². The molecule has 31 heavy (non-hydrogen) atoms. The van der Waals surface area contributed by atoms with E-state index in [-0.39, 0.29) is 24.7 Å². The third-order valence-electron chi connectivity index (χ3n) is 5.68. The molecule has 0 saturated carbocycles. The first kappa shape index (κ1) is 22.9. The molecule has 1 N–H and O–H groups in total. The van der Waals surface area contributed by atoms with Crippen LogP contribution in [0.25, 0.3) is 0 Å². The standard InChI is InChI=1S/C23H28F3N3O2/c1-28(2)21(17-6-4-7-18(14-17)23(24,25)26)15-27-22(30)29-13-5-8-20(29)16-9-11-19(31-3)12-10-16/h4,6-7,9-12,14,20-21H,5,8,13,15H2,1-3H3,(H,27,30). The van der Waals surface area contributed by atoms with E-state index < -0.39 is 11.7 Å². The number of urea groups is 1. The molecule has 5 nitrogen and oxygen atoms in total. The Labute approximate surface area is 180 Å². The lowest BCUT2D eigenvalue weighted by Gasteiger charge is -2.29. The highest BCUT2D eigenvalue weighted by Gasteiger charge is 2.32. The van der Waals surface area contributed by atoms with Gasteiger partial charge < -0.3 is 19.9 Å². The Morgan fingerprint density at radius 2 is 1.94 bits per heavy atom. The van der Waals surface area contributed by atoms with Crippen molar-refractivity contribution < 1.29 is 22.7 Å². The van der Waals surface area contributed by atoms with Gasteiger partial charge in [-0.3, -0.25) is 0 Å². The van der Waals surface area contributed by atoms with E-state index in [1.165, 1.54) is 6.07 Å². The molecule has 1 saturated heterocycles. The van der Waals surface area contributed by atoms with Crippen molar-refractivity contribution in [3.63, 3.8) is 0 Å². The number of rotatable bonds is 6. The van der Waals surface area contributed by atoms with Crippen LogP contribution in [0.3, 0.4) is 0 Å². The van der Waals surface area contributed by atoms with E-state index in [1.54, 1.807) is 37.1 Å². The topological polar surface area (TPSA) is 44.8 Å². The van der Waals surface area contributed by atoms with Crippen LogP contribution in [0.1, 0.15) is 41.6 Å². The third-order valence-corrected chi connectivity index (χ3v) is 5.68. The van der Waals surface area contributed by atoms with Gasteiger partial charge in [0.15, 0.2) is 0 Å². The van der Waals surface area contributed by atoms with Crippen molar-refractivity contribution in [1.82, 2.24) is 15.1 Å². The maximum absolute atomic E-state index is 13.1. The van der Waals surface area contributed by atoms with E-state index in [1.807, 2.05) is 24.3 Å². The zero-order valence-corrected chi connectivity index (χ0v) is 17.9. The van der Waals surface area contributed by atoms with Gasteiger partial charge in [-0.25, -0.2) is 4.79 Å². The van der Waals surface area contributed by atoms with Gasteiger partial charge in [0.1, 0.15) is 5.75 Å². The molecular weight excluding hydrogens is 407 g/mol. The summed E-state index contributed by atoms with van der Waals surface area (Å²) in [6, 6.07) is 12.3. The fourth-order valence-electron chi connectivity index (χ4n) is 3.99. The van der Waals surface area contributed by atoms with Gasteiger partial charge in [-0.2, -0.15) is 13.2 Å². The largest absolute Gasteiger partial charge is 0.497 e. The van der Waals surface area contributed by atoms with Crippen molar-refractivity contribution in [1.29, 1.82) is 0 Å². The van der Waals surface area contributed by atoms with Crippen molar-refractivity contribution in [3.8, 4) is 5.75 Å². The Kier molecular flexibility index (Phi) is 7.10. The fraction of sp³-hybridized carbons (Fsp3) is 0.435. The summed E-state index contributed by atoms with van der Waals surface area (Å²) < 4.78 is 44.5. The number of halogens is 3. The molecule has 0 aromatic heterocycles. The lowest BCUT2D eigenvalue weighted by atomic mass is 10.0. The number of methoxy groups -OCH3 is 1. The molecule has 0 spiro atoms. The number of carbonyl (C=O) groups excluding carboxylic acids is 1. The highest BCUT2D eigenvalue weighted by atomic mass is 19.4. The van der Waals surface area contributed by atoms with Crippen molar-refractivity contribution in [2.75, 3.05) is 34.3 Å². The highest BCUT2D eigenvalue weighted by molar-refractivity contribution is 5.75. The predicted octanol–water partition coefficient (Wildman–Crippen LogP) is 4.86. The molecule has 2 atom stereocenters. The second kappa shape index (κ2) is 9.60. The molecule has 1 aliphatic rings. The Morgan fingerprint density at radius 3 is 2.55 bits per heavy atom.